The van der Waals surface area contributed by atoms with Crippen LogP contribution in [0.4, 0.5) is 0 Å². The second kappa shape index (κ2) is 7.63. The quantitative estimate of drug-likeness (QED) is 0.834. The molecule has 0 aliphatic carbocycles. The van der Waals surface area contributed by atoms with Crippen molar-refractivity contribution in [2.24, 2.45) is 5.92 Å². The van der Waals surface area contributed by atoms with E-state index >= 15 is 0 Å². The number of hydrogen-bond donors (Lipinski definition) is 0. The van der Waals surface area contributed by atoms with E-state index in [0.717, 1.165) is 25.9 Å². The summed E-state index contributed by atoms with van der Waals surface area (Å²) in [6.45, 7) is 8.25. The van der Waals surface area contributed by atoms with Gasteiger partial charge in [-0.05, 0) is 67.3 Å². The third-order valence-electron chi connectivity index (χ3n) is 4.59. The monoisotopic (exact) mass is 343 g/mol. The molecule has 7 heteroatoms. The average Bonchev–Trinajstić information content (AvgIpc) is 3.09. The van der Waals surface area contributed by atoms with E-state index < -0.39 is 0 Å². The number of amides is 1. The minimum Gasteiger partial charge on any atom is -0.486 e. The average molecular weight is 343 g/mol. The second-order valence-electron chi connectivity index (χ2n) is 6.92. The molecule has 2 heterocycles. The van der Waals surface area contributed by atoms with Crippen LogP contribution in [0.3, 0.4) is 0 Å². The lowest BCUT2D eigenvalue weighted by Gasteiger charge is -2.30. The van der Waals surface area contributed by atoms with E-state index in [4.69, 9.17) is 4.74 Å². The van der Waals surface area contributed by atoms with Crippen molar-refractivity contribution in [2.75, 3.05) is 13.1 Å². The summed E-state index contributed by atoms with van der Waals surface area (Å²) in [5, 5.41) is 11.6. The molecule has 3 rings (SSSR count). The van der Waals surface area contributed by atoms with Gasteiger partial charge in [0.25, 0.3) is 5.91 Å². The number of nitrogens with zero attached hydrogens (tertiary/aromatic N) is 5. The predicted octanol–water partition coefficient (Wildman–Crippen LogP) is 2.71. The van der Waals surface area contributed by atoms with Gasteiger partial charge in [-0.2, -0.15) is 0 Å². The second-order valence-corrected chi connectivity index (χ2v) is 6.92. The topological polar surface area (TPSA) is 73.1 Å². The van der Waals surface area contributed by atoms with Crippen LogP contribution in [0.5, 0.6) is 5.75 Å². The van der Waals surface area contributed by atoms with Gasteiger partial charge in [0, 0.05) is 18.7 Å². The third-order valence-corrected chi connectivity index (χ3v) is 4.59. The molecule has 0 unspecified atom stereocenters. The van der Waals surface area contributed by atoms with Gasteiger partial charge in [-0.3, -0.25) is 4.79 Å². The highest BCUT2D eigenvalue weighted by atomic mass is 16.5. The van der Waals surface area contributed by atoms with Gasteiger partial charge in [-0.25, -0.2) is 4.68 Å². The van der Waals surface area contributed by atoms with Crippen LogP contribution in [0.15, 0.2) is 24.3 Å². The Bertz CT molecular complexity index is 703. The Kier molecular flexibility index (Phi) is 5.31. The summed E-state index contributed by atoms with van der Waals surface area (Å²) in [5.74, 6) is 2.18. The molecule has 0 atom stereocenters. The molecular weight excluding hydrogens is 318 g/mol. The maximum atomic E-state index is 12.5. The molecule has 7 nitrogen and oxygen atoms in total. The molecule has 1 saturated heterocycles. The number of ether oxygens (including phenoxy) is 1. The minimum absolute atomic E-state index is 0.0993. The minimum atomic E-state index is 0.0993. The molecule has 0 radical (unpaired) electrons. The number of tetrazole rings is 1. The molecule has 1 fully saturated rings. The highest BCUT2D eigenvalue weighted by molar-refractivity contribution is 5.94. The van der Waals surface area contributed by atoms with Crippen LogP contribution in [0.25, 0.3) is 0 Å². The smallest absolute Gasteiger partial charge is 0.253 e. The Balaban J connectivity index is 1.58. The molecule has 1 aromatic heterocycles. The van der Waals surface area contributed by atoms with Crippen molar-refractivity contribution in [3.05, 3.63) is 35.7 Å². The van der Waals surface area contributed by atoms with Gasteiger partial charge in [-0.15, -0.1) is 5.10 Å². The Morgan fingerprint density at radius 1 is 1.24 bits per heavy atom. The van der Waals surface area contributed by atoms with Crippen molar-refractivity contribution in [3.63, 3.8) is 0 Å². The number of rotatable bonds is 5. The first-order valence-corrected chi connectivity index (χ1v) is 8.83. The van der Waals surface area contributed by atoms with Gasteiger partial charge < -0.3 is 9.64 Å². The standard InChI is InChI=1S/C18H25N5O2/c1-13(2)23-17(19-20-21-23)12-25-16-6-4-15(5-7-16)18(24)22-10-8-14(3)9-11-22/h4-7,13-14H,8-12H2,1-3H3. The van der Waals surface area contributed by atoms with E-state index in [1.807, 2.05) is 43.0 Å². The summed E-state index contributed by atoms with van der Waals surface area (Å²) in [6.07, 6.45) is 2.16. The zero-order valence-electron chi connectivity index (χ0n) is 15.1. The lowest BCUT2D eigenvalue weighted by atomic mass is 9.98. The fourth-order valence-corrected chi connectivity index (χ4v) is 2.94. The van der Waals surface area contributed by atoms with E-state index in [1.54, 1.807) is 4.68 Å². The number of benzene rings is 1. The number of piperidine rings is 1. The van der Waals surface area contributed by atoms with Crippen molar-refractivity contribution < 1.29 is 9.53 Å². The fourth-order valence-electron chi connectivity index (χ4n) is 2.94. The van der Waals surface area contributed by atoms with Gasteiger partial charge >= 0.3 is 0 Å². The molecule has 0 spiro atoms. The van der Waals surface area contributed by atoms with Crippen LogP contribution in [0.2, 0.25) is 0 Å². The Morgan fingerprint density at radius 2 is 1.92 bits per heavy atom. The van der Waals surface area contributed by atoms with E-state index in [2.05, 4.69) is 22.4 Å². The molecule has 25 heavy (non-hydrogen) atoms. The largest absolute Gasteiger partial charge is 0.486 e. The highest BCUT2D eigenvalue weighted by Gasteiger charge is 2.21. The number of carbonyl (C=O) groups excluding carboxylic acids is 1. The first-order valence-electron chi connectivity index (χ1n) is 8.83. The first-order chi connectivity index (χ1) is 12.0. The lowest BCUT2D eigenvalue weighted by molar-refractivity contribution is 0.0697. The van der Waals surface area contributed by atoms with Gasteiger partial charge in [0.15, 0.2) is 5.82 Å². The van der Waals surface area contributed by atoms with E-state index in [9.17, 15) is 4.79 Å². The molecule has 0 N–H and O–H groups in total. The SMILES string of the molecule is CC1CCN(C(=O)c2ccc(OCc3nnnn3C(C)C)cc2)CC1. The summed E-state index contributed by atoms with van der Waals surface area (Å²) < 4.78 is 7.48. The summed E-state index contributed by atoms with van der Waals surface area (Å²) in [5.41, 5.74) is 0.703. The summed E-state index contributed by atoms with van der Waals surface area (Å²) >= 11 is 0. The molecule has 1 aliphatic rings. The molecule has 0 saturated carbocycles. The van der Waals surface area contributed by atoms with Crippen LogP contribution < -0.4 is 4.74 Å². The molecular formula is C18H25N5O2. The van der Waals surface area contributed by atoms with E-state index in [1.165, 1.54) is 0 Å². The van der Waals surface area contributed by atoms with E-state index in [-0.39, 0.29) is 11.9 Å². The Morgan fingerprint density at radius 3 is 2.56 bits per heavy atom. The van der Waals surface area contributed by atoms with Crippen LogP contribution in [0, 0.1) is 5.92 Å². The van der Waals surface area contributed by atoms with E-state index in [0.29, 0.717) is 29.7 Å². The fraction of sp³-hybridized carbons (Fsp3) is 0.556. The van der Waals surface area contributed by atoms with Gasteiger partial charge in [0.2, 0.25) is 0 Å². The zero-order valence-corrected chi connectivity index (χ0v) is 15.1. The normalized spacial score (nSPS) is 15.6. The first kappa shape index (κ1) is 17.4. The molecule has 1 aromatic carbocycles. The lowest BCUT2D eigenvalue weighted by Crippen LogP contribution is -2.37. The Hall–Kier alpha value is -2.44. The summed E-state index contributed by atoms with van der Waals surface area (Å²) in [7, 11) is 0. The summed E-state index contributed by atoms with van der Waals surface area (Å²) in [6, 6.07) is 7.47. The highest BCUT2D eigenvalue weighted by Crippen LogP contribution is 2.20. The predicted molar refractivity (Wildman–Crippen MR) is 93.3 cm³/mol. The molecule has 134 valence electrons. The van der Waals surface area contributed by atoms with Crippen LogP contribution in [-0.2, 0) is 6.61 Å². The summed E-state index contributed by atoms with van der Waals surface area (Å²) in [4.78, 5) is 14.5. The number of aromatic nitrogens is 4. The van der Waals surface area contributed by atoms with Crippen molar-refractivity contribution in [3.8, 4) is 5.75 Å². The van der Waals surface area contributed by atoms with Gasteiger partial charge in [0.05, 0.1) is 6.04 Å². The van der Waals surface area contributed by atoms with Crippen molar-refractivity contribution in [1.29, 1.82) is 0 Å². The van der Waals surface area contributed by atoms with Crippen LogP contribution in [-0.4, -0.2) is 44.1 Å². The number of hydrogen-bond acceptors (Lipinski definition) is 5. The van der Waals surface area contributed by atoms with Crippen LogP contribution >= 0.6 is 0 Å². The number of likely N-dealkylation sites (tertiary alicyclic amines) is 1. The van der Waals surface area contributed by atoms with Crippen LogP contribution in [0.1, 0.15) is 55.8 Å². The number of carbonyl (C=O) groups is 1. The van der Waals surface area contributed by atoms with Crippen molar-refractivity contribution >= 4 is 5.91 Å². The zero-order chi connectivity index (χ0) is 17.8. The Labute approximate surface area is 148 Å². The molecule has 1 amide bonds. The van der Waals surface area contributed by atoms with Crippen molar-refractivity contribution in [2.45, 2.75) is 46.3 Å². The third kappa shape index (κ3) is 4.15. The van der Waals surface area contributed by atoms with Gasteiger partial charge in [-0.1, -0.05) is 6.92 Å². The van der Waals surface area contributed by atoms with Gasteiger partial charge in [0.1, 0.15) is 12.4 Å². The maximum Gasteiger partial charge on any atom is 0.253 e. The maximum absolute atomic E-state index is 12.5. The van der Waals surface area contributed by atoms with Crippen molar-refractivity contribution in [1.82, 2.24) is 25.1 Å². The molecule has 1 aliphatic heterocycles. The molecule has 0 bridgehead atoms. The molecule has 2 aromatic rings.